The van der Waals surface area contributed by atoms with Crippen LogP contribution in [0.3, 0.4) is 0 Å². The summed E-state index contributed by atoms with van der Waals surface area (Å²) in [5, 5.41) is 30.1. The van der Waals surface area contributed by atoms with E-state index in [4.69, 9.17) is 10.5 Å². The van der Waals surface area contributed by atoms with Crippen LogP contribution < -0.4 is 5.73 Å². The molecule has 0 spiro atoms. The zero-order valence-corrected chi connectivity index (χ0v) is 19.4. The smallest absolute Gasteiger partial charge is 0.410 e. The van der Waals surface area contributed by atoms with Crippen LogP contribution in [0.25, 0.3) is 0 Å². The lowest BCUT2D eigenvalue weighted by molar-refractivity contribution is 0.0224. The quantitative estimate of drug-likeness (QED) is 0.677. The van der Waals surface area contributed by atoms with Crippen molar-refractivity contribution in [2.24, 2.45) is 17.1 Å². The molecule has 1 aromatic carbocycles. The number of nitriles is 3. The van der Waals surface area contributed by atoms with Crippen molar-refractivity contribution in [3.63, 3.8) is 0 Å². The van der Waals surface area contributed by atoms with E-state index in [1.807, 2.05) is 30.5 Å². The van der Waals surface area contributed by atoms with Crippen LogP contribution in [0, 0.1) is 45.3 Å². The second kappa shape index (κ2) is 8.61. The van der Waals surface area contributed by atoms with E-state index in [-0.39, 0.29) is 24.4 Å². The summed E-state index contributed by atoms with van der Waals surface area (Å²) in [6.07, 6.45) is 3.26. The summed E-state index contributed by atoms with van der Waals surface area (Å²) in [6.45, 7) is 5.84. The number of nitrogens with zero attached hydrogens (tertiary/aromatic N) is 4. The number of hydrogen-bond acceptors (Lipinski definition) is 7. The third kappa shape index (κ3) is 3.93. The zero-order chi connectivity index (χ0) is 23.7. The Balaban J connectivity index is 2.17. The molecular formula is C24H25N5O2S. The number of thioether (sulfide) groups is 1. The highest BCUT2D eigenvalue weighted by Crippen LogP contribution is 2.54. The van der Waals surface area contributed by atoms with E-state index < -0.39 is 28.9 Å². The van der Waals surface area contributed by atoms with Gasteiger partial charge in [-0.25, -0.2) is 4.79 Å². The lowest BCUT2D eigenvalue weighted by Gasteiger charge is -2.45. The van der Waals surface area contributed by atoms with Crippen molar-refractivity contribution >= 4 is 17.9 Å². The molecule has 0 bridgehead atoms. The van der Waals surface area contributed by atoms with Crippen molar-refractivity contribution in [2.75, 3.05) is 19.3 Å². The third-order valence-corrected chi connectivity index (χ3v) is 6.53. The van der Waals surface area contributed by atoms with E-state index in [1.165, 1.54) is 0 Å². The molecule has 1 aliphatic heterocycles. The number of benzene rings is 1. The van der Waals surface area contributed by atoms with Crippen molar-refractivity contribution in [2.45, 2.75) is 37.2 Å². The maximum atomic E-state index is 12.8. The molecule has 3 rings (SSSR count). The van der Waals surface area contributed by atoms with Gasteiger partial charge in [0.2, 0.25) is 0 Å². The van der Waals surface area contributed by atoms with Gasteiger partial charge in [-0.2, -0.15) is 15.8 Å². The maximum Gasteiger partial charge on any atom is 0.410 e. The lowest BCUT2D eigenvalue weighted by atomic mass is 9.58. The van der Waals surface area contributed by atoms with E-state index in [0.717, 1.165) is 10.5 Å². The predicted molar refractivity (Wildman–Crippen MR) is 121 cm³/mol. The summed E-state index contributed by atoms with van der Waals surface area (Å²) < 4.78 is 5.53. The van der Waals surface area contributed by atoms with Crippen molar-refractivity contribution in [3.05, 3.63) is 52.7 Å². The fraction of sp³-hybridized carbons (Fsp3) is 0.417. The molecule has 32 heavy (non-hydrogen) atoms. The van der Waals surface area contributed by atoms with Gasteiger partial charge < -0.3 is 15.4 Å². The van der Waals surface area contributed by atoms with Crippen LogP contribution in [0.1, 0.15) is 32.3 Å². The molecule has 0 saturated carbocycles. The normalized spacial score (nSPS) is 22.0. The summed E-state index contributed by atoms with van der Waals surface area (Å²) in [7, 11) is 0. The molecule has 7 nitrogen and oxygen atoms in total. The molecule has 1 aliphatic carbocycles. The Hall–Kier alpha value is -3.41. The summed E-state index contributed by atoms with van der Waals surface area (Å²) in [5.41, 5.74) is 5.48. The summed E-state index contributed by atoms with van der Waals surface area (Å²) in [5.74, 6) is -1.11. The average Bonchev–Trinajstić information content (AvgIpc) is 2.77. The van der Waals surface area contributed by atoms with Gasteiger partial charge in [0.05, 0.1) is 23.4 Å². The van der Waals surface area contributed by atoms with Gasteiger partial charge in [-0.3, -0.25) is 0 Å². The van der Waals surface area contributed by atoms with Gasteiger partial charge in [-0.05, 0) is 50.3 Å². The van der Waals surface area contributed by atoms with Crippen molar-refractivity contribution < 1.29 is 9.53 Å². The third-order valence-electron chi connectivity index (χ3n) is 5.79. The van der Waals surface area contributed by atoms with Gasteiger partial charge in [0, 0.05) is 29.8 Å². The first-order chi connectivity index (χ1) is 15.1. The molecule has 164 valence electrons. The van der Waals surface area contributed by atoms with Gasteiger partial charge in [0.25, 0.3) is 0 Å². The van der Waals surface area contributed by atoms with E-state index in [2.05, 4.69) is 18.2 Å². The highest BCUT2D eigenvalue weighted by Gasteiger charge is 2.54. The van der Waals surface area contributed by atoms with Crippen LogP contribution in [0.5, 0.6) is 0 Å². The summed E-state index contributed by atoms with van der Waals surface area (Å²) in [4.78, 5) is 15.4. The topological polar surface area (TPSA) is 127 Å². The van der Waals surface area contributed by atoms with Crippen LogP contribution in [0.4, 0.5) is 4.79 Å². The average molecular weight is 448 g/mol. The number of nitrogens with two attached hydrogens (primary N) is 1. The molecule has 0 fully saturated rings. The molecule has 2 aliphatic rings. The molecule has 1 unspecified atom stereocenters. The summed E-state index contributed by atoms with van der Waals surface area (Å²) >= 11 is 1.58. The highest BCUT2D eigenvalue weighted by atomic mass is 32.2. The van der Waals surface area contributed by atoms with Crippen LogP contribution in [-0.2, 0) is 4.74 Å². The SMILES string of the molecule is CSc1ccc(C2[C@H]3CN(C(=O)OC(C)(C)C)CC=C3C(C#N)=C(N)C2(C#N)C#N)cc1. The molecule has 0 aromatic heterocycles. The van der Waals surface area contributed by atoms with Crippen LogP contribution in [0.2, 0.25) is 0 Å². The van der Waals surface area contributed by atoms with E-state index >= 15 is 0 Å². The zero-order valence-electron chi connectivity index (χ0n) is 18.5. The molecule has 1 aromatic rings. The molecule has 2 atom stereocenters. The molecule has 2 N–H and O–H groups in total. The summed E-state index contributed by atoms with van der Waals surface area (Å²) in [6, 6.07) is 13.9. The lowest BCUT2D eigenvalue weighted by Crippen LogP contribution is -2.50. The number of amides is 1. The number of carbonyl (C=O) groups is 1. The molecule has 0 saturated heterocycles. The second-order valence-corrected chi connectivity index (χ2v) is 9.71. The van der Waals surface area contributed by atoms with Gasteiger partial charge in [0.15, 0.2) is 5.41 Å². The Morgan fingerprint density at radius 2 is 1.84 bits per heavy atom. The fourth-order valence-corrected chi connectivity index (χ4v) is 4.75. The Bertz CT molecular complexity index is 1100. The van der Waals surface area contributed by atoms with Gasteiger partial charge in [-0.1, -0.05) is 18.2 Å². The number of fused-ring (bicyclic) bond motifs is 1. The number of hydrogen-bond donors (Lipinski definition) is 1. The molecule has 1 amide bonds. The van der Waals surface area contributed by atoms with Crippen molar-refractivity contribution in [1.82, 2.24) is 4.90 Å². The Morgan fingerprint density at radius 1 is 1.22 bits per heavy atom. The van der Waals surface area contributed by atoms with Gasteiger partial charge in [-0.15, -0.1) is 11.8 Å². The first-order valence-electron chi connectivity index (χ1n) is 10.2. The van der Waals surface area contributed by atoms with Crippen molar-refractivity contribution in [3.8, 4) is 18.2 Å². The Labute approximate surface area is 192 Å². The van der Waals surface area contributed by atoms with Gasteiger partial charge >= 0.3 is 6.09 Å². The predicted octanol–water partition coefficient (Wildman–Crippen LogP) is 4.07. The minimum Gasteiger partial charge on any atom is -0.444 e. The van der Waals surface area contributed by atoms with E-state index in [0.29, 0.717) is 5.57 Å². The van der Waals surface area contributed by atoms with Crippen LogP contribution in [-0.4, -0.2) is 35.9 Å². The number of rotatable bonds is 2. The second-order valence-electron chi connectivity index (χ2n) is 8.83. The first-order valence-corrected chi connectivity index (χ1v) is 11.4. The van der Waals surface area contributed by atoms with Gasteiger partial charge in [0.1, 0.15) is 11.7 Å². The molecule has 0 radical (unpaired) electrons. The Kier molecular flexibility index (Phi) is 6.26. The standard InChI is InChI=1S/C24H25N5O2S/c1-23(2,3)31-22(30)29-10-9-17-18(11-25)21(28)24(13-26,14-27)20(19(17)12-29)15-5-7-16(32-4)8-6-15/h5-9,19-20H,10,12,28H2,1-4H3/t19-,20?/m0/s1. The minimum absolute atomic E-state index is 0.0304. The number of allylic oxidation sites excluding steroid dienone is 2. The van der Waals surface area contributed by atoms with Crippen LogP contribution >= 0.6 is 11.8 Å². The molecule has 8 heteroatoms. The fourth-order valence-electron chi connectivity index (χ4n) is 4.34. The van der Waals surface area contributed by atoms with E-state index in [1.54, 1.807) is 43.5 Å². The number of carbonyl (C=O) groups excluding carboxylic acids is 1. The molecule has 1 heterocycles. The first kappa shape index (κ1) is 23.3. The Morgan fingerprint density at radius 3 is 2.34 bits per heavy atom. The largest absolute Gasteiger partial charge is 0.444 e. The minimum atomic E-state index is -1.73. The van der Waals surface area contributed by atoms with Crippen molar-refractivity contribution in [1.29, 1.82) is 15.8 Å². The van der Waals surface area contributed by atoms with Crippen LogP contribution in [0.15, 0.2) is 52.1 Å². The highest BCUT2D eigenvalue weighted by molar-refractivity contribution is 7.98. The molecular weight excluding hydrogens is 422 g/mol. The maximum absolute atomic E-state index is 12.8. The van der Waals surface area contributed by atoms with E-state index in [9.17, 15) is 20.6 Å². The monoisotopic (exact) mass is 447 g/mol. The number of ether oxygens (including phenoxy) is 1.